The van der Waals surface area contributed by atoms with Crippen molar-refractivity contribution in [2.45, 2.75) is 30.7 Å². The maximum atomic E-state index is 11.3. The molecule has 0 saturated carbocycles. The van der Waals surface area contributed by atoms with Crippen molar-refractivity contribution >= 4 is 33.5 Å². The van der Waals surface area contributed by atoms with Gasteiger partial charge in [-0.1, -0.05) is 0 Å². The lowest BCUT2D eigenvalue weighted by atomic mass is 10.2. The van der Waals surface area contributed by atoms with Gasteiger partial charge in [0.25, 0.3) is 0 Å². The van der Waals surface area contributed by atoms with Gasteiger partial charge in [0.15, 0.2) is 9.84 Å². The van der Waals surface area contributed by atoms with Crippen molar-refractivity contribution in [3.63, 3.8) is 0 Å². The smallest absolute Gasteiger partial charge is 0.326 e. The van der Waals surface area contributed by atoms with Gasteiger partial charge < -0.3 is 15.5 Å². The molecular formula is C10H17NO6S2. The van der Waals surface area contributed by atoms with Crippen molar-refractivity contribution < 1.29 is 28.2 Å². The largest absolute Gasteiger partial charge is 0.480 e. The van der Waals surface area contributed by atoms with Gasteiger partial charge in [0.2, 0.25) is 5.91 Å². The molecular weight excluding hydrogens is 294 g/mol. The predicted octanol–water partition coefficient (Wildman–Crippen LogP) is -1.14. The first-order chi connectivity index (χ1) is 8.71. The predicted molar refractivity (Wildman–Crippen MR) is 70.8 cm³/mol. The van der Waals surface area contributed by atoms with Crippen LogP contribution in [0, 0.1) is 0 Å². The van der Waals surface area contributed by atoms with Crippen molar-refractivity contribution in [1.29, 1.82) is 0 Å². The van der Waals surface area contributed by atoms with Crippen molar-refractivity contribution in [2.24, 2.45) is 0 Å². The average molecular weight is 311 g/mol. The highest BCUT2D eigenvalue weighted by Gasteiger charge is 2.36. The number of carboxylic acids is 1. The van der Waals surface area contributed by atoms with Crippen molar-refractivity contribution in [1.82, 2.24) is 5.32 Å². The number of rotatable bonds is 6. The van der Waals surface area contributed by atoms with Gasteiger partial charge in [0, 0.05) is 12.2 Å². The van der Waals surface area contributed by atoms with E-state index in [1.807, 2.05) is 0 Å². The number of aliphatic carboxylic acids is 1. The van der Waals surface area contributed by atoms with Gasteiger partial charge in [-0.3, -0.25) is 4.79 Å². The number of thioether (sulfide) groups is 1. The number of aliphatic hydroxyl groups excluding tert-OH is 1. The molecule has 0 bridgehead atoms. The highest BCUT2D eigenvalue weighted by molar-refractivity contribution is 8.01. The molecule has 110 valence electrons. The summed E-state index contributed by atoms with van der Waals surface area (Å²) in [4.78, 5) is 21.7. The van der Waals surface area contributed by atoms with Crippen molar-refractivity contribution in [3.05, 3.63) is 0 Å². The minimum absolute atomic E-state index is 0.0866. The molecule has 0 spiro atoms. The number of hydrogen-bond acceptors (Lipinski definition) is 6. The van der Waals surface area contributed by atoms with Crippen LogP contribution in [-0.4, -0.2) is 65.2 Å². The molecule has 0 aromatic rings. The van der Waals surface area contributed by atoms with E-state index in [2.05, 4.69) is 5.32 Å². The first-order valence-corrected chi connectivity index (χ1v) is 8.58. The van der Waals surface area contributed by atoms with Crippen molar-refractivity contribution in [2.75, 3.05) is 17.3 Å². The van der Waals surface area contributed by atoms with E-state index in [4.69, 9.17) is 5.11 Å². The Kier molecular flexibility index (Phi) is 5.63. The molecule has 0 aliphatic carbocycles. The number of hydrogen-bond donors (Lipinski definition) is 3. The number of sulfone groups is 1. The normalized spacial score (nSPS) is 26.8. The summed E-state index contributed by atoms with van der Waals surface area (Å²) < 4.78 is 22.6. The first-order valence-electron chi connectivity index (χ1n) is 5.71. The molecule has 19 heavy (non-hydrogen) atoms. The van der Waals surface area contributed by atoms with Crippen LogP contribution in [0.3, 0.4) is 0 Å². The second-order valence-electron chi connectivity index (χ2n) is 4.43. The average Bonchev–Trinajstić information content (AvgIpc) is 2.49. The molecule has 1 heterocycles. The van der Waals surface area contributed by atoms with E-state index in [0.29, 0.717) is 5.75 Å². The molecule has 0 aromatic carbocycles. The summed E-state index contributed by atoms with van der Waals surface area (Å²) >= 11 is 1.22. The molecule has 0 radical (unpaired) electrons. The van der Waals surface area contributed by atoms with E-state index in [-0.39, 0.29) is 17.9 Å². The van der Waals surface area contributed by atoms with Gasteiger partial charge in [-0.05, 0) is 12.2 Å². The van der Waals surface area contributed by atoms with Crippen LogP contribution in [0.1, 0.15) is 13.3 Å². The molecule has 3 atom stereocenters. The summed E-state index contributed by atoms with van der Waals surface area (Å²) in [7, 11) is -3.19. The van der Waals surface area contributed by atoms with Crippen LogP contribution in [0.4, 0.5) is 0 Å². The lowest BCUT2D eigenvalue weighted by Crippen LogP contribution is -2.40. The zero-order valence-corrected chi connectivity index (χ0v) is 12.0. The molecule has 1 saturated heterocycles. The maximum Gasteiger partial charge on any atom is 0.326 e. The Bertz CT molecular complexity index is 449. The summed E-state index contributed by atoms with van der Waals surface area (Å²) in [5, 5.41) is 20.3. The second kappa shape index (κ2) is 6.58. The molecule has 3 unspecified atom stereocenters. The van der Waals surface area contributed by atoms with Gasteiger partial charge in [0.05, 0.1) is 17.6 Å². The third kappa shape index (κ3) is 5.37. The molecule has 3 N–H and O–H groups in total. The number of amides is 1. The van der Waals surface area contributed by atoms with Crippen LogP contribution in [0.15, 0.2) is 0 Å². The molecule has 9 heteroatoms. The van der Waals surface area contributed by atoms with Crippen LogP contribution < -0.4 is 5.32 Å². The lowest BCUT2D eigenvalue weighted by molar-refractivity contribution is -0.141. The van der Waals surface area contributed by atoms with Crippen LogP contribution >= 0.6 is 11.8 Å². The Morgan fingerprint density at radius 3 is 2.47 bits per heavy atom. The quantitative estimate of drug-likeness (QED) is 0.567. The van der Waals surface area contributed by atoms with Gasteiger partial charge >= 0.3 is 5.97 Å². The summed E-state index contributed by atoms with van der Waals surface area (Å²) in [6, 6.07) is -0.986. The van der Waals surface area contributed by atoms with E-state index in [1.165, 1.54) is 18.7 Å². The van der Waals surface area contributed by atoms with Gasteiger partial charge in [-0.15, -0.1) is 0 Å². The van der Waals surface area contributed by atoms with Crippen LogP contribution in [0.25, 0.3) is 0 Å². The van der Waals surface area contributed by atoms with Crippen LogP contribution in [0.5, 0.6) is 0 Å². The SMILES string of the molecule is CC(=O)NC(CCSC1CS(=O)(=O)CC1O)C(=O)O. The summed E-state index contributed by atoms with van der Waals surface area (Å²) in [5.41, 5.74) is 0. The van der Waals surface area contributed by atoms with Crippen LogP contribution in [-0.2, 0) is 19.4 Å². The van der Waals surface area contributed by atoms with Gasteiger partial charge in [-0.2, -0.15) is 11.8 Å². The molecule has 1 rings (SSSR count). The number of carboxylic acid groups (broad SMARTS) is 1. The molecule has 0 aromatic heterocycles. The summed E-state index contributed by atoms with van der Waals surface area (Å²) in [6.07, 6.45) is -0.720. The first kappa shape index (κ1) is 16.3. The fourth-order valence-electron chi connectivity index (χ4n) is 1.80. The number of carbonyl (C=O) groups excluding carboxylic acids is 1. The van der Waals surface area contributed by atoms with E-state index in [1.54, 1.807) is 0 Å². The number of nitrogens with one attached hydrogen (secondary N) is 1. The Morgan fingerprint density at radius 1 is 1.42 bits per heavy atom. The Labute approximate surface area is 115 Å². The van der Waals surface area contributed by atoms with Gasteiger partial charge in [-0.25, -0.2) is 13.2 Å². The zero-order chi connectivity index (χ0) is 14.6. The van der Waals surface area contributed by atoms with Crippen LogP contribution in [0.2, 0.25) is 0 Å². The maximum absolute atomic E-state index is 11.3. The number of aliphatic hydroxyl groups is 1. The van der Waals surface area contributed by atoms with E-state index in [0.717, 1.165) is 0 Å². The molecule has 1 fully saturated rings. The van der Waals surface area contributed by atoms with E-state index < -0.39 is 39.1 Å². The minimum atomic E-state index is -3.19. The fraction of sp³-hybridized carbons (Fsp3) is 0.800. The Hall–Kier alpha value is -0.800. The van der Waals surface area contributed by atoms with E-state index >= 15 is 0 Å². The lowest BCUT2D eigenvalue weighted by Gasteiger charge is -2.15. The Balaban J connectivity index is 2.40. The standard InChI is InChI=1S/C10H17NO6S2/c1-6(12)11-7(10(14)15)2-3-18-9-5-19(16,17)4-8(9)13/h7-9,13H,2-5H2,1H3,(H,11,12)(H,14,15). The highest BCUT2D eigenvalue weighted by atomic mass is 32.2. The molecule has 1 aliphatic rings. The third-order valence-corrected chi connectivity index (χ3v) is 5.99. The van der Waals surface area contributed by atoms with E-state index in [9.17, 15) is 23.1 Å². The van der Waals surface area contributed by atoms with Crippen molar-refractivity contribution in [3.8, 4) is 0 Å². The number of carbonyl (C=O) groups is 2. The fourth-order valence-corrected chi connectivity index (χ4v) is 5.53. The molecule has 1 amide bonds. The third-order valence-electron chi connectivity index (χ3n) is 2.69. The zero-order valence-electron chi connectivity index (χ0n) is 10.4. The summed E-state index contributed by atoms with van der Waals surface area (Å²) in [6.45, 7) is 1.23. The molecule has 7 nitrogen and oxygen atoms in total. The van der Waals surface area contributed by atoms with Gasteiger partial charge in [0.1, 0.15) is 6.04 Å². The monoisotopic (exact) mass is 311 g/mol. The summed E-state index contributed by atoms with van der Waals surface area (Å²) in [5.74, 6) is -1.53. The topological polar surface area (TPSA) is 121 Å². The Morgan fingerprint density at radius 2 is 2.05 bits per heavy atom. The second-order valence-corrected chi connectivity index (χ2v) is 7.93. The minimum Gasteiger partial charge on any atom is -0.480 e. The highest BCUT2D eigenvalue weighted by Crippen LogP contribution is 2.25. The molecule has 1 aliphatic heterocycles.